The number of halogens is 1. The van der Waals surface area contributed by atoms with Crippen molar-refractivity contribution < 1.29 is 9.59 Å². The summed E-state index contributed by atoms with van der Waals surface area (Å²) in [6.45, 7) is 6.11. The number of carbonyl (C=O) groups is 2. The number of hydrogen-bond acceptors (Lipinski definition) is 3. The Morgan fingerprint density at radius 2 is 1.82 bits per heavy atom. The van der Waals surface area contributed by atoms with E-state index >= 15 is 0 Å². The van der Waals surface area contributed by atoms with Crippen LogP contribution in [-0.2, 0) is 9.59 Å². The minimum Gasteiger partial charge on any atom is -0.341 e. The van der Waals surface area contributed by atoms with Crippen molar-refractivity contribution in [3.05, 3.63) is 0 Å². The van der Waals surface area contributed by atoms with Crippen molar-refractivity contribution in [2.45, 2.75) is 64.5 Å². The van der Waals surface area contributed by atoms with Crippen LogP contribution < -0.4 is 5.73 Å². The van der Waals surface area contributed by atoms with E-state index in [-0.39, 0.29) is 36.3 Å². The lowest BCUT2D eigenvalue weighted by molar-refractivity contribution is -0.144. The number of carbonyl (C=O) groups excluding carboxylic acids is 2. The van der Waals surface area contributed by atoms with Crippen LogP contribution in [0.2, 0.25) is 0 Å². The first-order valence-electron chi connectivity index (χ1n) is 8.42. The predicted molar refractivity (Wildman–Crippen MR) is 89.8 cm³/mol. The number of likely N-dealkylation sites (tertiary alicyclic amines) is 1. The third kappa shape index (κ3) is 4.13. The summed E-state index contributed by atoms with van der Waals surface area (Å²) in [6, 6.07) is -0.0801. The molecule has 1 heterocycles. The minimum absolute atomic E-state index is 0. The lowest BCUT2D eigenvalue weighted by atomic mass is 9.99. The SMILES string of the molecule is CCN(CC)C(=O)C1CCCN1C(=O)C[C@@H]1CCC[C@H]1N.Cl. The van der Waals surface area contributed by atoms with Gasteiger partial charge in [-0.15, -0.1) is 12.4 Å². The maximum absolute atomic E-state index is 12.6. The average Bonchev–Trinajstić information content (AvgIpc) is 3.09. The second-order valence-corrected chi connectivity index (χ2v) is 6.31. The summed E-state index contributed by atoms with van der Waals surface area (Å²) in [5.41, 5.74) is 6.07. The molecule has 2 fully saturated rings. The van der Waals surface area contributed by atoms with Gasteiger partial charge in [0.15, 0.2) is 0 Å². The van der Waals surface area contributed by atoms with Crippen LogP contribution in [0.4, 0.5) is 0 Å². The van der Waals surface area contributed by atoms with Crippen LogP contribution in [0.3, 0.4) is 0 Å². The van der Waals surface area contributed by atoms with Gasteiger partial charge in [-0.05, 0) is 45.4 Å². The summed E-state index contributed by atoms with van der Waals surface area (Å²) in [7, 11) is 0. The highest BCUT2D eigenvalue weighted by Gasteiger charge is 2.37. The highest BCUT2D eigenvalue weighted by atomic mass is 35.5. The van der Waals surface area contributed by atoms with E-state index in [9.17, 15) is 9.59 Å². The first-order chi connectivity index (χ1) is 10.1. The number of amides is 2. The Kier molecular flexibility index (Phi) is 7.63. The highest BCUT2D eigenvalue weighted by molar-refractivity contribution is 5.88. The molecule has 6 heteroatoms. The van der Waals surface area contributed by atoms with Crippen molar-refractivity contribution in [2.24, 2.45) is 11.7 Å². The maximum Gasteiger partial charge on any atom is 0.245 e. The number of rotatable bonds is 5. The van der Waals surface area contributed by atoms with Crippen molar-refractivity contribution in [2.75, 3.05) is 19.6 Å². The molecular formula is C16H30ClN3O2. The molecule has 2 rings (SSSR count). The maximum atomic E-state index is 12.6. The topological polar surface area (TPSA) is 66.6 Å². The summed E-state index contributed by atoms with van der Waals surface area (Å²) in [4.78, 5) is 28.7. The number of nitrogens with zero attached hydrogens (tertiary/aromatic N) is 2. The van der Waals surface area contributed by atoms with E-state index in [4.69, 9.17) is 5.73 Å². The third-order valence-electron chi connectivity index (χ3n) is 5.09. The number of likely N-dealkylation sites (N-methyl/N-ethyl adjacent to an activating group) is 1. The first-order valence-corrected chi connectivity index (χ1v) is 8.42. The van der Waals surface area contributed by atoms with E-state index in [1.165, 1.54) is 0 Å². The van der Waals surface area contributed by atoms with E-state index < -0.39 is 0 Å². The molecule has 0 radical (unpaired) electrons. The van der Waals surface area contributed by atoms with Gasteiger partial charge in [0.1, 0.15) is 6.04 Å². The Labute approximate surface area is 140 Å². The van der Waals surface area contributed by atoms with Gasteiger partial charge < -0.3 is 15.5 Å². The Morgan fingerprint density at radius 3 is 2.36 bits per heavy atom. The van der Waals surface area contributed by atoms with Crippen LogP contribution in [0.15, 0.2) is 0 Å². The molecule has 1 saturated carbocycles. The summed E-state index contributed by atoms with van der Waals surface area (Å²) < 4.78 is 0. The predicted octanol–water partition coefficient (Wildman–Crippen LogP) is 1.79. The molecule has 2 N–H and O–H groups in total. The zero-order valence-corrected chi connectivity index (χ0v) is 14.6. The second kappa shape index (κ2) is 8.73. The molecule has 2 aliphatic rings. The van der Waals surface area contributed by atoms with E-state index in [0.29, 0.717) is 25.4 Å². The molecule has 3 atom stereocenters. The van der Waals surface area contributed by atoms with Gasteiger partial charge in [0.05, 0.1) is 0 Å². The molecule has 1 aliphatic heterocycles. The minimum atomic E-state index is -0.241. The fraction of sp³-hybridized carbons (Fsp3) is 0.875. The molecule has 2 amide bonds. The van der Waals surface area contributed by atoms with Gasteiger partial charge in [-0.2, -0.15) is 0 Å². The fourth-order valence-electron chi connectivity index (χ4n) is 3.73. The van der Waals surface area contributed by atoms with Gasteiger partial charge in [0.25, 0.3) is 0 Å². The Bertz CT molecular complexity index is 388. The van der Waals surface area contributed by atoms with Gasteiger partial charge in [-0.25, -0.2) is 0 Å². The number of hydrogen-bond donors (Lipinski definition) is 1. The fourth-order valence-corrected chi connectivity index (χ4v) is 3.73. The van der Waals surface area contributed by atoms with Crippen LogP contribution in [0, 0.1) is 5.92 Å². The largest absolute Gasteiger partial charge is 0.341 e. The lowest BCUT2D eigenvalue weighted by Crippen LogP contribution is -2.48. The Balaban J connectivity index is 0.00000242. The van der Waals surface area contributed by atoms with Crippen LogP contribution in [0.5, 0.6) is 0 Å². The van der Waals surface area contributed by atoms with E-state index in [2.05, 4.69) is 0 Å². The van der Waals surface area contributed by atoms with Gasteiger partial charge in [-0.3, -0.25) is 9.59 Å². The molecule has 1 unspecified atom stereocenters. The average molecular weight is 332 g/mol. The Morgan fingerprint density at radius 1 is 1.14 bits per heavy atom. The van der Waals surface area contributed by atoms with Crippen molar-refractivity contribution in [1.82, 2.24) is 9.80 Å². The lowest BCUT2D eigenvalue weighted by Gasteiger charge is -2.30. The van der Waals surface area contributed by atoms with Crippen molar-refractivity contribution in [1.29, 1.82) is 0 Å². The summed E-state index contributed by atoms with van der Waals surface area (Å²) >= 11 is 0. The van der Waals surface area contributed by atoms with E-state index in [1.807, 2.05) is 23.6 Å². The van der Waals surface area contributed by atoms with Crippen LogP contribution in [-0.4, -0.2) is 53.3 Å². The summed E-state index contributed by atoms with van der Waals surface area (Å²) in [5, 5.41) is 0. The molecule has 1 aliphatic carbocycles. The Hall–Kier alpha value is -0.810. The zero-order valence-electron chi connectivity index (χ0n) is 13.8. The van der Waals surface area contributed by atoms with Gasteiger partial charge >= 0.3 is 0 Å². The highest BCUT2D eigenvalue weighted by Crippen LogP contribution is 2.29. The second-order valence-electron chi connectivity index (χ2n) is 6.31. The first kappa shape index (κ1) is 19.2. The van der Waals surface area contributed by atoms with E-state index in [1.54, 1.807) is 0 Å². The van der Waals surface area contributed by atoms with Gasteiger partial charge in [0.2, 0.25) is 11.8 Å². The smallest absolute Gasteiger partial charge is 0.245 e. The standard InChI is InChI=1S/C16H29N3O2.ClH/c1-3-18(4-2)16(21)14-9-6-10-19(14)15(20)11-12-7-5-8-13(12)17;/h12-14H,3-11,17H2,1-2H3;1H/t12-,13+,14?;/m0./s1. The summed E-state index contributed by atoms with van der Waals surface area (Å²) in [5.74, 6) is 0.546. The molecule has 0 spiro atoms. The molecule has 0 aromatic heterocycles. The molecule has 0 aromatic carbocycles. The molecule has 0 aromatic rings. The van der Waals surface area contributed by atoms with Gasteiger partial charge in [-0.1, -0.05) is 6.42 Å². The molecule has 0 bridgehead atoms. The van der Waals surface area contributed by atoms with Crippen molar-refractivity contribution in [3.63, 3.8) is 0 Å². The van der Waals surface area contributed by atoms with E-state index in [0.717, 1.165) is 38.6 Å². The molecular weight excluding hydrogens is 302 g/mol. The van der Waals surface area contributed by atoms with Crippen molar-refractivity contribution in [3.8, 4) is 0 Å². The number of nitrogens with two attached hydrogens (primary N) is 1. The van der Waals surface area contributed by atoms with Crippen molar-refractivity contribution >= 4 is 24.2 Å². The van der Waals surface area contributed by atoms with Crippen LogP contribution >= 0.6 is 12.4 Å². The molecule has 5 nitrogen and oxygen atoms in total. The zero-order chi connectivity index (χ0) is 15.4. The van der Waals surface area contributed by atoms with Gasteiger partial charge in [0, 0.05) is 32.1 Å². The van der Waals surface area contributed by atoms with Crippen LogP contribution in [0.25, 0.3) is 0 Å². The quantitative estimate of drug-likeness (QED) is 0.835. The monoisotopic (exact) mass is 331 g/mol. The molecule has 1 saturated heterocycles. The molecule has 128 valence electrons. The third-order valence-corrected chi connectivity index (χ3v) is 5.09. The molecule has 22 heavy (non-hydrogen) atoms. The normalized spacial score (nSPS) is 27.6. The van der Waals surface area contributed by atoms with Crippen LogP contribution in [0.1, 0.15) is 52.4 Å². The summed E-state index contributed by atoms with van der Waals surface area (Å²) in [6.07, 6.45) is 5.46.